The number of likely N-dealkylation sites (tertiary alicyclic amines) is 1. The third kappa shape index (κ3) is 2.69. The Kier molecular flexibility index (Phi) is 3.96. The van der Waals surface area contributed by atoms with Crippen molar-refractivity contribution in [3.63, 3.8) is 0 Å². The molecular formula is C14H14FNO2. The molecule has 2 rings (SSSR count). The molecule has 1 aliphatic heterocycles. The summed E-state index contributed by atoms with van der Waals surface area (Å²) in [5.74, 6) is 4.52. The molecule has 3 nitrogen and oxygen atoms in total. The van der Waals surface area contributed by atoms with Gasteiger partial charge in [0.05, 0.1) is 5.56 Å². The Morgan fingerprint density at radius 1 is 1.39 bits per heavy atom. The number of nitrogens with zero attached hydrogens (tertiary/aromatic N) is 1. The zero-order valence-corrected chi connectivity index (χ0v) is 9.95. The molecule has 4 heteroatoms. The molecule has 1 amide bonds. The van der Waals surface area contributed by atoms with Gasteiger partial charge in [0.1, 0.15) is 12.4 Å². The molecule has 1 aromatic rings. The maximum atomic E-state index is 13.2. The van der Waals surface area contributed by atoms with Crippen molar-refractivity contribution < 1.29 is 14.3 Å². The Morgan fingerprint density at radius 3 is 2.78 bits per heavy atom. The highest BCUT2D eigenvalue weighted by Crippen LogP contribution is 2.16. The van der Waals surface area contributed by atoms with Gasteiger partial charge in [0.2, 0.25) is 0 Å². The molecule has 18 heavy (non-hydrogen) atoms. The van der Waals surface area contributed by atoms with Gasteiger partial charge in [-0.1, -0.05) is 11.8 Å². The molecule has 1 N–H and O–H groups in total. The van der Waals surface area contributed by atoms with E-state index in [4.69, 9.17) is 5.11 Å². The average molecular weight is 247 g/mol. The van der Waals surface area contributed by atoms with E-state index in [0.29, 0.717) is 11.1 Å². The monoisotopic (exact) mass is 247 g/mol. The van der Waals surface area contributed by atoms with Gasteiger partial charge < -0.3 is 10.0 Å². The molecular weight excluding hydrogens is 233 g/mol. The Balaban J connectivity index is 2.33. The molecule has 0 bridgehead atoms. The van der Waals surface area contributed by atoms with E-state index in [2.05, 4.69) is 11.8 Å². The summed E-state index contributed by atoms with van der Waals surface area (Å²) in [4.78, 5) is 14.0. The molecule has 0 aromatic heterocycles. The second-order valence-electron chi connectivity index (χ2n) is 4.15. The van der Waals surface area contributed by atoms with E-state index in [1.54, 1.807) is 4.90 Å². The quantitative estimate of drug-likeness (QED) is 0.762. The number of halogens is 1. The first-order valence-electron chi connectivity index (χ1n) is 5.91. The second-order valence-corrected chi connectivity index (χ2v) is 4.15. The van der Waals surface area contributed by atoms with Crippen LogP contribution in [0.2, 0.25) is 0 Å². The molecule has 94 valence electrons. The standard InChI is InChI=1S/C14H14FNO2/c15-12-5-6-13(11(10-12)4-3-9-17)14(18)16-7-1-2-8-16/h5-6,10,17H,1-2,7-9H2. The van der Waals surface area contributed by atoms with Crippen molar-refractivity contribution in [1.29, 1.82) is 0 Å². The van der Waals surface area contributed by atoms with Crippen LogP contribution in [0.5, 0.6) is 0 Å². The molecule has 1 aliphatic rings. The summed E-state index contributed by atoms with van der Waals surface area (Å²) in [6, 6.07) is 3.94. The number of hydrogen-bond acceptors (Lipinski definition) is 2. The number of aliphatic hydroxyl groups excluding tert-OH is 1. The van der Waals surface area contributed by atoms with Crippen LogP contribution in [-0.4, -0.2) is 35.6 Å². The highest BCUT2D eigenvalue weighted by Gasteiger charge is 2.21. The minimum atomic E-state index is -0.435. The van der Waals surface area contributed by atoms with Gasteiger partial charge >= 0.3 is 0 Å². The Bertz CT molecular complexity index is 510. The van der Waals surface area contributed by atoms with E-state index in [0.717, 1.165) is 25.9 Å². The van der Waals surface area contributed by atoms with Crippen molar-refractivity contribution in [1.82, 2.24) is 4.90 Å². The zero-order chi connectivity index (χ0) is 13.0. The molecule has 1 heterocycles. The summed E-state index contributed by atoms with van der Waals surface area (Å²) in [6.07, 6.45) is 2.01. The smallest absolute Gasteiger partial charge is 0.255 e. The van der Waals surface area contributed by atoms with E-state index >= 15 is 0 Å². The fourth-order valence-electron chi connectivity index (χ4n) is 2.03. The molecule has 0 unspecified atom stereocenters. The lowest BCUT2D eigenvalue weighted by Crippen LogP contribution is -2.28. The van der Waals surface area contributed by atoms with Crippen molar-refractivity contribution in [2.24, 2.45) is 0 Å². The molecule has 0 radical (unpaired) electrons. The maximum Gasteiger partial charge on any atom is 0.255 e. The van der Waals surface area contributed by atoms with Crippen LogP contribution in [0.25, 0.3) is 0 Å². The number of rotatable bonds is 1. The summed E-state index contributed by atoms with van der Waals surface area (Å²) < 4.78 is 13.2. The van der Waals surface area contributed by atoms with Crippen molar-refractivity contribution in [2.45, 2.75) is 12.8 Å². The Morgan fingerprint density at radius 2 is 2.11 bits per heavy atom. The number of carbonyl (C=O) groups is 1. The number of hydrogen-bond donors (Lipinski definition) is 1. The van der Waals surface area contributed by atoms with Gasteiger partial charge in [-0.25, -0.2) is 4.39 Å². The third-order valence-electron chi connectivity index (χ3n) is 2.91. The van der Waals surface area contributed by atoms with Crippen LogP contribution in [0.4, 0.5) is 4.39 Å². The maximum absolute atomic E-state index is 13.2. The zero-order valence-electron chi connectivity index (χ0n) is 9.95. The third-order valence-corrected chi connectivity index (χ3v) is 2.91. The van der Waals surface area contributed by atoms with Crippen molar-refractivity contribution in [3.05, 3.63) is 35.1 Å². The molecule has 0 aliphatic carbocycles. The molecule has 1 saturated heterocycles. The predicted octanol–water partition coefficient (Wildman–Crippen LogP) is 1.41. The lowest BCUT2D eigenvalue weighted by Gasteiger charge is -2.16. The van der Waals surface area contributed by atoms with Crippen molar-refractivity contribution >= 4 is 5.91 Å². The number of aliphatic hydroxyl groups is 1. The van der Waals surface area contributed by atoms with Crippen molar-refractivity contribution in [2.75, 3.05) is 19.7 Å². The van der Waals surface area contributed by atoms with Gasteiger partial charge in [-0.2, -0.15) is 0 Å². The van der Waals surface area contributed by atoms with E-state index in [1.807, 2.05) is 0 Å². The summed E-state index contributed by atoms with van der Waals surface area (Å²) in [6.45, 7) is 1.17. The lowest BCUT2D eigenvalue weighted by molar-refractivity contribution is 0.0792. The fraction of sp³-hybridized carbons (Fsp3) is 0.357. The highest BCUT2D eigenvalue weighted by molar-refractivity contribution is 5.96. The van der Waals surface area contributed by atoms with Gasteiger partial charge in [-0.05, 0) is 31.0 Å². The topological polar surface area (TPSA) is 40.5 Å². The molecule has 0 atom stereocenters. The first kappa shape index (κ1) is 12.6. The van der Waals surface area contributed by atoms with Crippen LogP contribution in [-0.2, 0) is 0 Å². The van der Waals surface area contributed by atoms with Crippen LogP contribution in [0.1, 0.15) is 28.8 Å². The highest BCUT2D eigenvalue weighted by atomic mass is 19.1. The number of carbonyl (C=O) groups excluding carboxylic acids is 1. The lowest BCUT2D eigenvalue weighted by atomic mass is 10.1. The van der Waals surface area contributed by atoms with Gasteiger partial charge in [-0.15, -0.1) is 0 Å². The second kappa shape index (κ2) is 5.65. The van der Waals surface area contributed by atoms with Gasteiger partial charge in [0, 0.05) is 18.7 Å². The summed E-state index contributed by atoms with van der Waals surface area (Å²) in [5, 5.41) is 8.68. The van der Waals surface area contributed by atoms with Crippen LogP contribution in [0, 0.1) is 17.7 Å². The van der Waals surface area contributed by atoms with Crippen LogP contribution < -0.4 is 0 Å². The van der Waals surface area contributed by atoms with E-state index in [-0.39, 0.29) is 12.5 Å². The molecule has 0 spiro atoms. The van der Waals surface area contributed by atoms with E-state index in [9.17, 15) is 9.18 Å². The average Bonchev–Trinajstić information content (AvgIpc) is 2.89. The summed E-state index contributed by atoms with van der Waals surface area (Å²) in [7, 11) is 0. The van der Waals surface area contributed by atoms with Crippen LogP contribution in [0.15, 0.2) is 18.2 Å². The first-order chi connectivity index (χ1) is 8.72. The Hall–Kier alpha value is -1.86. The summed E-state index contributed by atoms with van der Waals surface area (Å²) >= 11 is 0. The largest absolute Gasteiger partial charge is 0.384 e. The normalized spacial score (nSPS) is 14.2. The first-order valence-corrected chi connectivity index (χ1v) is 5.91. The van der Waals surface area contributed by atoms with Crippen LogP contribution in [0.3, 0.4) is 0 Å². The van der Waals surface area contributed by atoms with Crippen LogP contribution >= 0.6 is 0 Å². The SMILES string of the molecule is O=C(c1ccc(F)cc1C#CCO)N1CCCC1. The number of amides is 1. The Labute approximate surface area is 105 Å². The fourth-order valence-corrected chi connectivity index (χ4v) is 2.03. The minimum Gasteiger partial charge on any atom is -0.384 e. The predicted molar refractivity (Wildman–Crippen MR) is 65.5 cm³/mol. The molecule has 0 saturated carbocycles. The van der Waals surface area contributed by atoms with Gasteiger partial charge in [0.25, 0.3) is 5.91 Å². The van der Waals surface area contributed by atoms with E-state index in [1.165, 1.54) is 18.2 Å². The summed E-state index contributed by atoms with van der Waals surface area (Å²) in [5.41, 5.74) is 0.736. The minimum absolute atomic E-state index is 0.116. The van der Waals surface area contributed by atoms with Gasteiger partial charge in [-0.3, -0.25) is 4.79 Å². The molecule has 1 aromatic carbocycles. The number of benzene rings is 1. The van der Waals surface area contributed by atoms with Crippen molar-refractivity contribution in [3.8, 4) is 11.8 Å². The van der Waals surface area contributed by atoms with Gasteiger partial charge in [0.15, 0.2) is 0 Å². The molecule has 1 fully saturated rings. The van der Waals surface area contributed by atoms with E-state index < -0.39 is 5.82 Å².